The molecule has 1 amide bonds. The number of nitrogens with one attached hydrogen (secondary N) is 1. The van der Waals surface area contributed by atoms with E-state index in [0.29, 0.717) is 21.8 Å². The summed E-state index contributed by atoms with van der Waals surface area (Å²) in [5.41, 5.74) is 0.957. The molecule has 1 aliphatic heterocycles. The Morgan fingerprint density at radius 1 is 1.50 bits per heavy atom. The van der Waals surface area contributed by atoms with Crippen LogP contribution in [0, 0.1) is 6.92 Å². The van der Waals surface area contributed by atoms with Crippen molar-refractivity contribution in [2.75, 3.05) is 27.2 Å². The number of likely N-dealkylation sites (tertiary alicyclic amines) is 1. The van der Waals surface area contributed by atoms with E-state index in [4.69, 9.17) is 0 Å². The summed E-state index contributed by atoms with van der Waals surface area (Å²) in [5, 5.41) is 0. The fourth-order valence-corrected chi connectivity index (χ4v) is 2.27. The number of carbonyl (C=O) groups is 1. The second kappa shape index (κ2) is 4.85. The van der Waals surface area contributed by atoms with E-state index in [1.807, 2.05) is 14.1 Å². The first-order chi connectivity index (χ1) is 8.40. The highest BCUT2D eigenvalue weighted by Gasteiger charge is 2.33. The van der Waals surface area contributed by atoms with Gasteiger partial charge in [-0.15, -0.1) is 0 Å². The summed E-state index contributed by atoms with van der Waals surface area (Å²) in [6, 6.07) is 2.03. The Morgan fingerprint density at radius 3 is 2.67 bits per heavy atom. The molecule has 1 N–H and O–H groups in total. The first-order valence-corrected chi connectivity index (χ1v) is 6.54. The van der Waals surface area contributed by atoms with E-state index in [-0.39, 0.29) is 11.5 Å². The van der Waals surface area contributed by atoms with E-state index in [1.54, 1.807) is 17.9 Å². The van der Waals surface area contributed by atoms with Crippen LogP contribution in [0.15, 0.2) is 15.3 Å². The van der Waals surface area contributed by atoms with Gasteiger partial charge in [0, 0.05) is 24.8 Å². The zero-order valence-corrected chi connectivity index (χ0v) is 12.2. The van der Waals surface area contributed by atoms with Crippen LogP contribution in [0.1, 0.15) is 16.1 Å². The summed E-state index contributed by atoms with van der Waals surface area (Å²) >= 11 is 3.15. The first-order valence-electron chi connectivity index (χ1n) is 5.75. The normalized spacial score (nSPS) is 15.9. The quantitative estimate of drug-likeness (QED) is 0.880. The number of amides is 1. The van der Waals surface area contributed by atoms with Crippen molar-refractivity contribution in [1.82, 2.24) is 14.8 Å². The summed E-state index contributed by atoms with van der Waals surface area (Å²) in [4.78, 5) is 30.2. The minimum Gasteiger partial charge on any atom is -0.335 e. The largest absolute Gasteiger partial charge is 0.335 e. The maximum atomic E-state index is 12.2. The van der Waals surface area contributed by atoms with Crippen molar-refractivity contribution < 1.29 is 4.79 Å². The topological polar surface area (TPSA) is 56.4 Å². The van der Waals surface area contributed by atoms with E-state index < -0.39 is 0 Å². The van der Waals surface area contributed by atoms with Crippen LogP contribution in [0.5, 0.6) is 0 Å². The number of hydrogen-bond acceptors (Lipinski definition) is 3. The molecule has 1 aromatic rings. The van der Waals surface area contributed by atoms with Gasteiger partial charge in [-0.3, -0.25) is 9.59 Å². The van der Waals surface area contributed by atoms with Crippen LogP contribution in [-0.2, 0) is 0 Å². The number of H-pyrrole nitrogens is 1. The van der Waals surface area contributed by atoms with Crippen molar-refractivity contribution in [3.8, 4) is 0 Å². The number of aromatic amines is 1. The molecular weight excluding hydrogens is 298 g/mol. The molecule has 0 atom stereocenters. The summed E-state index contributed by atoms with van der Waals surface area (Å²) in [6.45, 7) is 3.22. The Hall–Kier alpha value is -1.14. The lowest BCUT2D eigenvalue weighted by atomic mass is 10.1. The van der Waals surface area contributed by atoms with Crippen molar-refractivity contribution in [1.29, 1.82) is 0 Å². The average molecular weight is 314 g/mol. The second-order valence-electron chi connectivity index (χ2n) is 4.81. The summed E-state index contributed by atoms with van der Waals surface area (Å²) in [6.07, 6.45) is 0. The molecule has 5 nitrogen and oxygen atoms in total. The fraction of sp³-hybridized carbons (Fsp3) is 0.500. The third-order valence-corrected chi connectivity index (χ3v) is 3.89. The van der Waals surface area contributed by atoms with E-state index in [9.17, 15) is 9.59 Å². The van der Waals surface area contributed by atoms with Crippen molar-refractivity contribution in [2.24, 2.45) is 0 Å². The lowest BCUT2D eigenvalue weighted by Crippen LogP contribution is -2.59. The van der Waals surface area contributed by atoms with Crippen LogP contribution < -0.4 is 5.56 Å². The number of hydrogen-bond donors (Lipinski definition) is 1. The summed E-state index contributed by atoms with van der Waals surface area (Å²) in [7, 11) is 4.02. The average Bonchev–Trinajstić information content (AvgIpc) is 2.20. The molecule has 0 aliphatic carbocycles. The maximum Gasteiger partial charge on any atom is 0.262 e. The Morgan fingerprint density at radius 2 is 2.11 bits per heavy atom. The summed E-state index contributed by atoms with van der Waals surface area (Å²) in [5.74, 6) is -0.0254. The standard InChI is InChI=1S/C12H16BrN3O2/c1-7-9(4-10(13)11(17)14-7)12(18)16-5-8(6-16)15(2)3/h4,8H,5-6H2,1-3H3,(H,14,17). The smallest absolute Gasteiger partial charge is 0.262 e. The van der Waals surface area contributed by atoms with E-state index in [1.165, 1.54) is 0 Å². The molecule has 0 aromatic carbocycles. The molecule has 0 spiro atoms. The van der Waals surface area contributed by atoms with Gasteiger partial charge in [0.15, 0.2) is 0 Å². The molecular formula is C12H16BrN3O2. The van der Waals surface area contributed by atoms with Gasteiger partial charge in [-0.2, -0.15) is 0 Å². The number of nitrogens with zero attached hydrogens (tertiary/aromatic N) is 2. The SMILES string of the molecule is Cc1[nH]c(=O)c(Br)cc1C(=O)N1CC(N(C)C)C1. The predicted octanol–water partition coefficient (Wildman–Crippen LogP) is 0.832. The number of likely N-dealkylation sites (N-methyl/N-ethyl adjacent to an activating group) is 1. The van der Waals surface area contributed by atoms with Gasteiger partial charge in [0.1, 0.15) is 0 Å². The molecule has 0 unspecified atom stereocenters. The van der Waals surface area contributed by atoms with Crippen LogP contribution >= 0.6 is 15.9 Å². The third kappa shape index (κ3) is 2.35. The van der Waals surface area contributed by atoms with Gasteiger partial charge in [-0.25, -0.2) is 0 Å². The maximum absolute atomic E-state index is 12.2. The number of aromatic nitrogens is 1. The van der Waals surface area contributed by atoms with Crippen LogP contribution in [-0.4, -0.2) is 53.9 Å². The Bertz CT molecular complexity index is 533. The number of rotatable bonds is 2. The van der Waals surface area contributed by atoms with Crippen LogP contribution in [0.2, 0.25) is 0 Å². The van der Waals surface area contributed by atoms with E-state index >= 15 is 0 Å². The van der Waals surface area contributed by atoms with Crippen molar-refractivity contribution in [2.45, 2.75) is 13.0 Å². The molecule has 1 aliphatic rings. The van der Waals surface area contributed by atoms with E-state index in [0.717, 1.165) is 13.1 Å². The fourth-order valence-electron chi connectivity index (χ4n) is 1.94. The Balaban J connectivity index is 2.16. The predicted molar refractivity (Wildman–Crippen MR) is 72.9 cm³/mol. The van der Waals surface area contributed by atoms with Crippen molar-refractivity contribution in [3.63, 3.8) is 0 Å². The molecule has 98 valence electrons. The van der Waals surface area contributed by atoms with Gasteiger partial charge in [0.05, 0.1) is 10.0 Å². The van der Waals surface area contributed by atoms with Gasteiger partial charge in [-0.1, -0.05) is 0 Å². The van der Waals surface area contributed by atoms with Crippen LogP contribution in [0.25, 0.3) is 0 Å². The van der Waals surface area contributed by atoms with E-state index in [2.05, 4.69) is 25.8 Å². The number of carbonyl (C=O) groups excluding carboxylic acids is 1. The van der Waals surface area contributed by atoms with Crippen molar-refractivity contribution >= 4 is 21.8 Å². The molecule has 1 saturated heterocycles. The third-order valence-electron chi connectivity index (χ3n) is 3.30. The monoisotopic (exact) mass is 313 g/mol. The zero-order chi connectivity index (χ0) is 13.4. The second-order valence-corrected chi connectivity index (χ2v) is 5.67. The van der Waals surface area contributed by atoms with Gasteiger partial charge in [0.25, 0.3) is 11.5 Å². The first kappa shape index (κ1) is 13.3. The van der Waals surface area contributed by atoms with Crippen LogP contribution in [0.4, 0.5) is 0 Å². The lowest BCUT2D eigenvalue weighted by molar-refractivity contribution is 0.0398. The minimum absolute atomic E-state index is 0.0254. The highest BCUT2D eigenvalue weighted by atomic mass is 79.9. The number of aryl methyl sites for hydroxylation is 1. The molecule has 1 aromatic heterocycles. The lowest BCUT2D eigenvalue weighted by Gasteiger charge is -2.42. The molecule has 6 heteroatoms. The minimum atomic E-state index is -0.209. The summed E-state index contributed by atoms with van der Waals surface area (Å²) < 4.78 is 0.390. The Labute approximate surface area is 114 Å². The molecule has 0 saturated carbocycles. The molecule has 0 bridgehead atoms. The molecule has 0 radical (unpaired) electrons. The molecule has 2 heterocycles. The van der Waals surface area contributed by atoms with Gasteiger partial charge in [0.2, 0.25) is 0 Å². The van der Waals surface area contributed by atoms with Gasteiger partial charge in [-0.05, 0) is 43.0 Å². The van der Waals surface area contributed by atoms with Crippen LogP contribution in [0.3, 0.4) is 0 Å². The molecule has 1 fully saturated rings. The Kier molecular flexibility index (Phi) is 3.59. The van der Waals surface area contributed by atoms with Gasteiger partial charge < -0.3 is 14.8 Å². The van der Waals surface area contributed by atoms with Crippen molar-refractivity contribution in [3.05, 3.63) is 32.2 Å². The molecule has 2 rings (SSSR count). The highest BCUT2D eigenvalue weighted by Crippen LogP contribution is 2.18. The number of pyridine rings is 1. The van der Waals surface area contributed by atoms with Gasteiger partial charge >= 0.3 is 0 Å². The zero-order valence-electron chi connectivity index (χ0n) is 10.7. The number of halogens is 1. The molecule has 18 heavy (non-hydrogen) atoms. The highest BCUT2D eigenvalue weighted by molar-refractivity contribution is 9.10.